The molecule has 0 spiro atoms. The van der Waals surface area contributed by atoms with E-state index in [1.807, 2.05) is 12.1 Å². The number of benzene rings is 1. The minimum atomic E-state index is -3.73. The van der Waals surface area contributed by atoms with Gasteiger partial charge in [-0.15, -0.1) is 0 Å². The SMILES string of the molecule is Cc1cc(S(=O)(=O)Cl)c(C)cc1OCCc1ccncc1. The second-order valence-electron chi connectivity index (χ2n) is 4.77. The van der Waals surface area contributed by atoms with Crippen molar-refractivity contribution in [3.05, 3.63) is 53.3 Å². The summed E-state index contributed by atoms with van der Waals surface area (Å²) < 4.78 is 28.6. The zero-order valence-electron chi connectivity index (χ0n) is 11.8. The lowest BCUT2D eigenvalue weighted by molar-refractivity contribution is 0.319. The molecule has 1 aromatic heterocycles. The van der Waals surface area contributed by atoms with Gasteiger partial charge in [-0.3, -0.25) is 4.98 Å². The Balaban J connectivity index is 2.09. The molecule has 0 aliphatic rings. The molecule has 2 aromatic rings. The van der Waals surface area contributed by atoms with Gasteiger partial charge in [0.2, 0.25) is 0 Å². The third-order valence-corrected chi connectivity index (χ3v) is 4.60. The number of hydrogen-bond donors (Lipinski definition) is 0. The number of pyridine rings is 1. The molecule has 0 N–H and O–H groups in total. The van der Waals surface area contributed by atoms with Crippen LogP contribution in [0.1, 0.15) is 16.7 Å². The average molecular weight is 326 g/mol. The molecule has 0 radical (unpaired) electrons. The molecule has 0 aliphatic heterocycles. The molecule has 4 nitrogen and oxygen atoms in total. The molecule has 6 heteroatoms. The maximum atomic E-state index is 11.4. The fraction of sp³-hybridized carbons (Fsp3) is 0.267. The topological polar surface area (TPSA) is 56.3 Å². The van der Waals surface area contributed by atoms with Gasteiger partial charge < -0.3 is 4.74 Å². The highest BCUT2D eigenvalue weighted by Gasteiger charge is 2.16. The van der Waals surface area contributed by atoms with Crippen molar-refractivity contribution in [3.8, 4) is 5.75 Å². The van der Waals surface area contributed by atoms with E-state index in [0.29, 0.717) is 17.9 Å². The van der Waals surface area contributed by atoms with Crippen molar-refractivity contribution in [2.75, 3.05) is 6.61 Å². The summed E-state index contributed by atoms with van der Waals surface area (Å²) in [5, 5.41) is 0. The molecular weight excluding hydrogens is 310 g/mol. The van der Waals surface area contributed by atoms with Crippen LogP contribution in [0.5, 0.6) is 5.75 Å². The molecule has 0 amide bonds. The Morgan fingerprint density at radius 3 is 2.43 bits per heavy atom. The second kappa shape index (κ2) is 6.45. The number of hydrogen-bond acceptors (Lipinski definition) is 4. The molecule has 0 saturated heterocycles. The first kappa shape index (κ1) is 15.8. The standard InChI is InChI=1S/C15H16ClNO3S/c1-11-10-15(21(16,18)19)12(2)9-14(11)20-8-5-13-3-6-17-7-4-13/h3-4,6-7,9-10H,5,8H2,1-2H3. The van der Waals surface area contributed by atoms with Crippen molar-refractivity contribution in [1.82, 2.24) is 4.98 Å². The van der Waals surface area contributed by atoms with E-state index in [2.05, 4.69) is 4.98 Å². The Morgan fingerprint density at radius 1 is 1.14 bits per heavy atom. The van der Waals surface area contributed by atoms with E-state index in [1.54, 1.807) is 38.4 Å². The highest BCUT2D eigenvalue weighted by molar-refractivity contribution is 8.13. The zero-order chi connectivity index (χ0) is 15.5. The second-order valence-corrected chi connectivity index (χ2v) is 7.31. The van der Waals surface area contributed by atoms with Crippen LogP contribution < -0.4 is 4.74 Å². The molecule has 112 valence electrons. The lowest BCUT2D eigenvalue weighted by Crippen LogP contribution is -2.04. The van der Waals surface area contributed by atoms with Crippen LogP contribution in [0.25, 0.3) is 0 Å². The number of rotatable bonds is 5. The monoisotopic (exact) mass is 325 g/mol. The molecule has 0 fully saturated rings. The van der Waals surface area contributed by atoms with Crippen molar-refractivity contribution in [3.63, 3.8) is 0 Å². The van der Waals surface area contributed by atoms with Crippen molar-refractivity contribution < 1.29 is 13.2 Å². The third-order valence-electron chi connectivity index (χ3n) is 3.13. The van der Waals surface area contributed by atoms with Crippen LogP contribution in [0, 0.1) is 13.8 Å². The van der Waals surface area contributed by atoms with E-state index in [0.717, 1.165) is 17.5 Å². The minimum absolute atomic E-state index is 0.128. The van der Waals surface area contributed by atoms with Gasteiger partial charge in [-0.1, -0.05) is 0 Å². The quantitative estimate of drug-likeness (QED) is 0.792. The summed E-state index contributed by atoms with van der Waals surface area (Å²) in [4.78, 5) is 4.09. The molecular formula is C15H16ClNO3S. The summed E-state index contributed by atoms with van der Waals surface area (Å²) >= 11 is 0. The van der Waals surface area contributed by atoms with E-state index in [9.17, 15) is 8.42 Å². The molecule has 0 atom stereocenters. The first-order valence-electron chi connectivity index (χ1n) is 6.45. The van der Waals surface area contributed by atoms with Gasteiger partial charge in [-0.2, -0.15) is 0 Å². The van der Waals surface area contributed by atoms with Crippen LogP contribution in [-0.2, 0) is 15.5 Å². The van der Waals surface area contributed by atoms with Gasteiger partial charge in [-0.25, -0.2) is 8.42 Å². The van der Waals surface area contributed by atoms with Gasteiger partial charge in [0.05, 0.1) is 11.5 Å². The lowest BCUT2D eigenvalue weighted by atomic mass is 10.1. The fourth-order valence-corrected chi connectivity index (χ4v) is 3.27. The normalized spacial score (nSPS) is 11.4. The first-order chi connectivity index (χ1) is 9.88. The fourth-order valence-electron chi connectivity index (χ4n) is 2.01. The lowest BCUT2D eigenvalue weighted by Gasteiger charge is -2.12. The largest absolute Gasteiger partial charge is 0.493 e. The molecule has 0 unspecified atom stereocenters. The Labute approximate surface area is 129 Å². The maximum Gasteiger partial charge on any atom is 0.261 e. The van der Waals surface area contributed by atoms with Crippen molar-refractivity contribution in [1.29, 1.82) is 0 Å². The number of ether oxygens (including phenoxy) is 1. The van der Waals surface area contributed by atoms with Crippen molar-refractivity contribution >= 4 is 19.7 Å². The predicted molar refractivity (Wildman–Crippen MR) is 82.4 cm³/mol. The van der Waals surface area contributed by atoms with E-state index in [-0.39, 0.29) is 4.90 Å². The highest BCUT2D eigenvalue weighted by atomic mass is 35.7. The Morgan fingerprint density at radius 2 is 1.81 bits per heavy atom. The molecule has 1 heterocycles. The van der Waals surface area contributed by atoms with Gasteiger partial charge in [0.1, 0.15) is 5.75 Å². The Hall–Kier alpha value is -1.59. The molecule has 1 aromatic carbocycles. The van der Waals surface area contributed by atoms with E-state index in [4.69, 9.17) is 15.4 Å². The van der Waals surface area contributed by atoms with E-state index < -0.39 is 9.05 Å². The third kappa shape index (κ3) is 4.19. The van der Waals surface area contributed by atoms with Crippen LogP contribution >= 0.6 is 10.7 Å². The Kier molecular flexibility index (Phi) is 4.85. The molecule has 2 rings (SSSR count). The molecule has 0 saturated carbocycles. The van der Waals surface area contributed by atoms with Gasteiger partial charge in [0.15, 0.2) is 0 Å². The van der Waals surface area contributed by atoms with Crippen LogP contribution in [-0.4, -0.2) is 20.0 Å². The first-order valence-corrected chi connectivity index (χ1v) is 8.76. The van der Waals surface area contributed by atoms with Crippen LogP contribution in [0.4, 0.5) is 0 Å². The molecule has 0 aliphatic carbocycles. The predicted octanol–water partition coefficient (Wildman–Crippen LogP) is 3.25. The van der Waals surface area contributed by atoms with Crippen LogP contribution in [0.3, 0.4) is 0 Å². The summed E-state index contributed by atoms with van der Waals surface area (Å²) in [5.74, 6) is 0.672. The van der Waals surface area contributed by atoms with Gasteiger partial charge >= 0.3 is 0 Å². The number of halogens is 1. The van der Waals surface area contributed by atoms with Crippen molar-refractivity contribution in [2.45, 2.75) is 25.2 Å². The average Bonchev–Trinajstić information content (AvgIpc) is 2.42. The Bertz CT molecular complexity index is 730. The maximum absolute atomic E-state index is 11.4. The summed E-state index contributed by atoms with van der Waals surface area (Å²) in [5.41, 5.74) is 2.46. The van der Waals surface area contributed by atoms with Crippen LogP contribution in [0.15, 0.2) is 41.6 Å². The summed E-state index contributed by atoms with van der Waals surface area (Å²) in [6.07, 6.45) is 4.24. The number of aromatic nitrogens is 1. The van der Waals surface area contributed by atoms with E-state index >= 15 is 0 Å². The van der Waals surface area contributed by atoms with Gasteiger partial charge in [0.25, 0.3) is 9.05 Å². The van der Waals surface area contributed by atoms with E-state index in [1.165, 1.54) is 0 Å². The molecule has 0 bridgehead atoms. The number of aryl methyl sites for hydroxylation is 2. The van der Waals surface area contributed by atoms with Crippen molar-refractivity contribution in [2.24, 2.45) is 0 Å². The minimum Gasteiger partial charge on any atom is -0.493 e. The smallest absolute Gasteiger partial charge is 0.261 e. The van der Waals surface area contributed by atoms with Gasteiger partial charge in [-0.05, 0) is 54.8 Å². The molecule has 21 heavy (non-hydrogen) atoms. The summed E-state index contributed by atoms with van der Waals surface area (Å²) in [6, 6.07) is 7.12. The summed E-state index contributed by atoms with van der Waals surface area (Å²) in [7, 11) is 1.67. The van der Waals surface area contributed by atoms with Gasteiger partial charge in [0, 0.05) is 29.5 Å². The summed E-state index contributed by atoms with van der Waals surface area (Å²) in [6.45, 7) is 4.01. The number of nitrogens with zero attached hydrogens (tertiary/aromatic N) is 1. The highest BCUT2D eigenvalue weighted by Crippen LogP contribution is 2.27. The van der Waals surface area contributed by atoms with Crippen LogP contribution in [0.2, 0.25) is 0 Å². The zero-order valence-corrected chi connectivity index (χ0v) is 13.4.